The van der Waals surface area contributed by atoms with E-state index in [0.29, 0.717) is 29.7 Å². The number of nitrogens with one attached hydrogen (secondary N) is 2. The van der Waals surface area contributed by atoms with Gasteiger partial charge in [-0.25, -0.2) is 4.98 Å². The summed E-state index contributed by atoms with van der Waals surface area (Å²) in [6, 6.07) is 3.58. The lowest BCUT2D eigenvalue weighted by atomic mass is 9.92. The van der Waals surface area contributed by atoms with Crippen molar-refractivity contribution in [3.05, 3.63) is 33.9 Å². The summed E-state index contributed by atoms with van der Waals surface area (Å²) in [5.41, 5.74) is 0.401. The van der Waals surface area contributed by atoms with Gasteiger partial charge in [-0.1, -0.05) is 0 Å². The van der Waals surface area contributed by atoms with Crippen molar-refractivity contribution in [1.82, 2.24) is 15.3 Å². The highest BCUT2D eigenvalue weighted by atomic mass is 16.5. The number of aromatic nitrogens is 2. The molecule has 1 saturated heterocycles. The summed E-state index contributed by atoms with van der Waals surface area (Å²) < 4.78 is 5.58. The van der Waals surface area contributed by atoms with Gasteiger partial charge in [0, 0.05) is 32.1 Å². The van der Waals surface area contributed by atoms with E-state index >= 15 is 0 Å². The second-order valence-corrected chi connectivity index (χ2v) is 7.60. The van der Waals surface area contributed by atoms with Crippen LogP contribution in [0.5, 0.6) is 0 Å². The van der Waals surface area contributed by atoms with E-state index in [0.717, 1.165) is 12.8 Å². The van der Waals surface area contributed by atoms with Gasteiger partial charge in [-0.15, -0.1) is 0 Å². The number of pyridine rings is 2. The first-order valence-electron chi connectivity index (χ1n) is 9.50. The standard InChI is InChI=1S/C20H25N5O4/c1-12(26)10-23-19(28)15-8-13-16(11-22-15)24-18(27)14(9-21)17(13)25-6-4-20(2,29-3)5-7-25/h8,11-12,26H,4-7,10H2,1-3H3,(H,23,28)(H,24,27). The lowest BCUT2D eigenvalue weighted by Crippen LogP contribution is -2.44. The highest BCUT2D eigenvalue weighted by Gasteiger charge is 2.32. The van der Waals surface area contributed by atoms with Gasteiger partial charge in [0.1, 0.15) is 17.3 Å². The Morgan fingerprint density at radius 2 is 2.21 bits per heavy atom. The quantitative estimate of drug-likeness (QED) is 0.681. The molecule has 1 unspecified atom stereocenters. The number of amides is 1. The summed E-state index contributed by atoms with van der Waals surface area (Å²) in [5, 5.41) is 22.2. The Hall–Kier alpha value is -2.96. The highest BCUT2D eigenvalue weighted by Crippen LogP contribution is 2.33. The number of aliphatic hydroxyl groups is 1. The molecule has 1 aliphatic rings. The fourth-order valence-electron chi connectivity index (χ4n) is 3.47. The highest BCUT2D eigenvalue weighted by molar-refractivity contribution is 6.00. The first-order chi connectivity index (χ1) is 13.8. The second-order valence-electron chi connectivity index (χ2n) is 7.60. The number of ether oxygens (including phenoxy) is 1. The van der Waals surface area contributed by atoms with E-state index in [9.17, 15) is 20.0 Å². The first kappa shape index (κ1) is 20.8. The van der Waals surface area contributed by atoms with Gasteiger partial charge in [0.05, 0.1) is 29.1 Å². The molecule has 29 heavy (non-hydrogen) atoms. The minimum atomic E-state index is -0.681. The molecule has 0 bridgehead atoms. The third-order valence-electron chi connectivity index (χ3n) is 5.40. The van der Waals surface area contributed by atoms with Crippen LogP contribution in [0.15, 0.2) is 17.1 Å². The molecule has 3 heterocycles. The Labute approximate surface area is 168 Å². The molecule has 3 N–H and O–H groups in total. The monoisotopic (exact) mass is 399 g/mol. The van der Waals surface area contributed by atoms with Gasteiger partial charge in [-0.3, -0.25) is 9.59 Å². The number of fused-ring (bicyclic) bond motifs is 1. The largest absolute Gasteiger partial charge is 0.392 e. The predicted octanol–water partition coefficient (Wildman–Crippen LogP) is 0.911. The average molecular weight is 399 g/mol. The van der Waals surface area contributed by atoms with Crippen LogP contribution in [0.3, 0.4) is 0 Å². The van der Waals surface area contributed by atoms with Crippen molar-refractivity contribution >= 4 is 22.5 Å². The number of nitrogens with zero attached hydrogens (tertiary/aromatic N) is 3. The molecule has 0 aliphatic carbocycles. The van der Waals surface area contributed by atoms with Crippen LogP contribution in [-0.2, 0) is 4.74 Å². The molecule has 3 rings (SSSR count). The van der Waals surface area contributed by atoms with Crippen LogP contribution in [-0.4, -0.2) is 59.4 Å². The zero-order chi connectivity index (χ0) is 21.2. The lowest BCUT2D eigenvalue weighted by molar-refractivity contribution is -0.0132. The average Bonchev–Trinajstić information content (AvgIpc) is 2.71. The fourth-order valence-corrected chi connectivity index (χ4v) is 3.47. The number of nitriles is 1. The Morgan fingerprint density at radius 1 is 1.52 bits per heavy atom. The number of piperidine rings is 1. The summed E-state index contributed by atoms with van der Waals surface area (Å²) >= 11 is 0. The number of anilines is 1. The third kappa shape index (κ3) is 4.23. The maximum atomic E-state index is 12.4. The number of methoxy groups -OCH3 is 1. The summed E-state index contributed by atoms with van der Waals surface area (Å²) in [4.78, 5) is 33.6. The number of aliphatic hydroxyl groups excluding tert-OH is 1. The Bertz CT molecular complexity index is 1020. The molecule has 1 atom stereocenters. The Balaban J connectivity index is 2.06. The minimum absolute atomic E-state index is 0.0139. The van der Waals surface area contributed by atoms with E-state index in [1.807, 2.05) is 17.9 Å². The maximum Gasteiger partial charge on any atom is 0.269 e. The van der Waals surface area contributed by atoms with Crippen LogP contribution in [0.4, 0.5) is 5.69 Å². The second kappa shape index (κ2) is 8.19. The van der Waals surface area contributed by atoms with Crippen molar-refractivity contribution in [2.24, 2.45) is 0 Å². The minimum Gasteiger partial charge on any atom is -0.392 e. The molecule has 1 aliphatic heterocycles. The number of rotatable bonds is 5. The lowest BCUT2D eigenvalue weighted by Gasteiger charge is -2.40. The SMILES string of the molecule is COC1(C)CCN(c2c(C#N)c(=O)[nH]c3cnc(C(=O)NCC(C)O)cc23)CC1. The molecule has 2 aromatic heterocycles. The molecule has 0 saturated carbocycles. The van der Waals surface area contributed by atoms with Crippen molar-refractivity contribution in [2.45, 2.75) is 38.4 Å². The predicted molar refractivity (Wildman–Crippen MR) is 108 cm³/mol. The van der Waals surface area contributed by atoms with Gasteiger partial charge in [-0.05, 0) is 32.8 Å². The number of carbonyl (C=O) groups excluding carboxylic acids is 1. The van der Waals surface area contributed by atoms with E-state index in [1.54, 1.807) is 20.1 Å². The fraction of sp³-hybridized carbons (Fsp3) is 0.500. The Morgan fingerprint density at radius 3 is 2.79 bits per heavy atom. The number of aromatic amines is 1. The molecular weight excluding hydrogens is 374 g/mol. The molecule has 1 amide bonds. The molecule has 0 aromatic carbocycles. The van der Waals surface area contributed by atoms with Crippen molar-refractivity contribution in [2.75, 3.05) is 31.6 Å². The van der Waals surface area contributed by atoms with E-state index in [2.05, 4.69) is 15.3 Å². The number of carbonyl (C=O) groups is 1. The first-order valence-corrected chi connectivity index (χ1v) is 9.50. The zero-order valence-corrected chi connectivity index (χ0v) is 16.8. The molecule has 2 aromatic rings. The van der Waals surface area contributed by atoms with Crippen LogP contribution in [0.2, 0.25) is 0 Å². The van der Waals surface area contributed by atoms with E-state index in [-0.39, 0.29) is 23.4 Å². The third-order valence-corrected chi connectivity index (χ3v) is 5.40. The number of hydrogen-bond acceptors (Lipinski definition) is 7. The molecule has 0 spiro atoms. The van der Waals surface area contributed by atoms with Gasteiger partial charge in [0.2, 0.25) is 0 Å². The zero-order valence-electron chi connectivity index (χ0n) is 16.8. The number of H-pyrrole nitrogens is 1. The van der Waals surface area contributed by atoms with Crippen molar-refractivity contribution < 1.29 is 14.6 Å². The summed E-state index contributed by atoms with van der Waals surface area (Å²) in [5.74, 6) is -0.436. The van der Waals surface area contributed by atoms with E-state index in [1.165, 1.54) is 6.20 Å². The van der Waals surface area contributed by atoms with Crippen molar-refractivity contribution in [3.8, 4) is 6.07 Å². The van der Waals surface area contributed by atoms with Gasteiger partial charge in [0.15, 0.2) is 0 Å². The maximum absolute atomic E-state index is 12.4. The molecule has 0 radical (unpaired) electrons. The summed E-state index contributed by atoms with van der Waals surface area (Å²) in [7, 11) is 1.68. The molecule has 154 valence electrons. The molecule has 9 heteroatoms. The van der Waals surface area contributed by atoms with Crippen LogP contribution in [0.25, 0.3) is 10.9 Å². The topological polar surface area (TPSA) is 131 Å². The normalized spacial score (nSPS) is 17.0. The van der Waals surface area contributed by atoms with E-state index in [4.69, 9.17) is 4.74 Å². The Kier molecular flexibility index (Phi) is 5.86. The van der Waals surface area contributed by atoms with Gasteiger partial charge in [-0.2, -0.15) is 5.26 Å². The summed E-state index contributed by atoms with van der Waals surface area (Å²) in [6.45, 7) is 4.94. The number of hydrogen-bond donors (Lipinski definition) is 3. The van der Waals surface area contributed by atoms with Crippen LogP contribution in [0, 0.1) is 11.3 Å². The smallest absolute Gasteiger partial charge is 0.269 e. The van der Waals surface area contributed by atoms with Gasteiger partial charge < -0.3 is 25.0 Å². The molecule has 9 nitrogen and oxygen atoms in total. The summed E-state index contributed by atoms with van der Waals surface area (Å²) in [6.07, 6.45) is 2.23. The van der Waals surface area contributed by atoms with Crippen LogP contribution in [0.1, 0.15) is 42.7 Å². The molecule has 1 fully saturated rings. The van der Waals surface area contributed by atoms with Gasteiger partial charge in [0.25, 0.3) is 11.5 Å². The van der Waals surface area contributed by atoms with E-state index < -0.39 is 17.6 Å². The van der Waals surface area contributed by atoms with Crippen LogP contribution >= 0.6 is 0 Å². The van der Waals surface area contributed by atoms with Crippen LogP contribution < -0.4 is 15.8 Å². The van der Waals surface area contributed by atoms with Gasteiger partial charge >= 0.3 is 0 Å². The van der Waals surface area contributed by atoms with Crippen molar-refractivity contribution in [3.63, 3.8) is 0 Å². The molecular formula is C20H25N5O4. The van der Waals surface area contributed by atoms with Crippen molar-refractivity contribution in [1.29, 1.82) is 5.26 Å².